The molecule has 0 amide bonds. The third-order valence-electron chi connectivity index (χ3n) is 2.25. The van der Waals surface area contributed by atoms with E-state index >= 15 is 0 Å². The number of hydrogen-bond donors (Lipinski definition) is 2. The van der Waals surface area contributed by atoms with Crippen LogP contribution in [0.25, 0.3) is 0 Å². The summed E-state index contributed by atoms with van der Waals surface area (Å²) in [5.41, 5.74) is 6.13. The molecule has 1 aromatic rings. The first-order chi connectivity index (χ1) is 8.07. The summed E-state index contributed by atoms with van der Waals surface area (Å²) in [5, 5.41) is 0. The third-order valence-corrected chi connectivity index (χ3v) is 3.66. The predicted octanol–water partition coefficient (Wildman–Crippen LogP) is 0.463. The summed E-state index contributed by atoms with van der Waals surface area (Å²) >= 11 is 0. The average Bonchev–Trinajstić information content (AvgIpc) is 2.34. The van der Waals surface area contributed by atoms with Gasteiger partial charge in [0.05, 0.1) is 12.9 Å². The Hall–Kier alpha value is -1.11. The fourth-order valence-electron chi connectivity index (χ4n) is 1.32. The monoisotopic (exact) mass is 258 g/mol. The van der Waals surface area contributed by atoms with Crippen LogP contribution in [0.1, 0.15) is 12.0 Å². The van der Waals surface area contributed by atoms with Gasteiger partial charge in [-0.2, -0.15) is 0 Å². The molecular formula is C11H18N2O3S. The molecule has 0 saturated heterocycles. The molecule has 0 aromatic heterocycles. The summed E-state index contributed by atoms with van der Waals surface area (Å²) in [6, 6.07) is 7.27. The molecule has 0 fully saturated rings. The van der Waals surface area contributed by atoms with E-state index in [0.29, 0.717) is 18.7 Å². The van der Waals surface area contributed by atoms with Gasteiger partial charge in [0, 0.05) is 6.54 Å². The number of methoxy groups -OCH3 is 1. The SMILES string of the molecule is COc1cccc(CNS(=O)(=O)CCCN)c1. The standard InChI is InChI=1S/C11H18N2O3S/c1-16-11-5-2-4-10(8-11)9-13-17(14,15)7-3-6-12/h2,4-5,8,13H,3,6-7,9,12H2,1H3. The smallest absolute Gasteiger partial charge is 0.211 e. The second kappa shape index (κ2) is 6.58. The largest absolute Gasteiger partial charge is 0.497 e. The molecule has 0 aliphatic rings. The minimum absolute atomic E-state index is 0.0630. The van der Waals surface area contributed by atoms with Gasteiger partial charge in [-0.3, -0.25) is 0 Å². The molecule has 96 valence electrons. The fraction of sp³-hybridized carbons (Fsp3) is 0.455. The number of rotatable bonds is 7. The zero-order valence-electron chi connectivity index (χ0n) is 9.85. The van der Waals surface area contributed by atoms with Crippen molar-refractivity contribution in [3.63, 3.8) is 0 Å². The summed E-state index contributed by atoms with van der Waals surface area (Å²) in [5.74, 6) is 0.775. The number of nitrogens with one attached hydrogen (secondary N) is 1. The molecule has 1 rings (SSSR count). The van der Waals surface area contributed by atoms with Crippen LogP contribution in [0.5, 0.6) is 5.75 Å². The van der Waals surface area contributed by atoms with Gasteiger partial charge in [-0.05, 0) is 30.7 Å². The fourth-order valence-corrected chi connectivity index (χ4v) is 2.40. The van der Waals surface area contributed by atoms with E-state index in [9.17, 15) is 8.42 Å². The molecule has 0 atom stereocenters. The van der Waals surface area contributed by atoms with Crippen LogP contribution in [0.2, 0.25) is 0 Å². The van der Waals surface area contributed by atoms with Crippen LogP contribution in [0.4, 0.5) is 0 Å². The molecule has 0 radical (unpaired) electrons. The van der Waals surface area contributed by atoms with Crippen molar-refractivity contribution in [3.05, 3.63) is 29.8 Å². The number of sulfonamides is 1. The van der Waals surface area contributed by atoms with Crippen LogP contribution in [0.3, 0.4) is 0 Å². The maximum atomic E-state index is 11.5. The van der Waals surface area contributed by atoms with Crippen LogP contribution in [0, 0.1) is 0 Å². The maximum Gasteiger partial charge on any atom is 0.211 e. The van der Waals surface area contributed by atoms with E-state index in [1.807, 2.05) is 18.2 Å². The van der Waals surface area contributed by atoms with Gasteiger partial charge in [-0.1, -0.05) is 12.1 Å². The highest BCUT2D eigenvalue weighted by atomic mass is 32.2. The lowest BCUT2D eigenvalue weighted by Crippen LogP contribution is -2.27. The van der Waals surface area contributed by atoms with Gasteiger partial charge < -0.3 is 10.5 Å². The molecule has 0 spiro atoms. The Labute approximate surface area is 102 Å². The molecule has 0 bridgehead atoms. The molecule has 0 heterocycles. The molecule has 0 unspecified atom stereocenters. The van der Waals surface area contributed by atoms with Crippen molar-refractivity contribution in [2.24, 2.45) is 5.73 Å². The summed E-state index contributed by atoms with van der Waals surface area (Å²) in [4.78, 5) is 0. The van der Waals surface area contributed by atoms with Crippen molar-refractivity contribution in [2.75, 3.05) is 19.4 Å². The highest BCUT2D eigenvalue weighted by Crippen LogP contribution is 2.12. The third kappa shape index (κ3) is 5.16. The Morgan fingerprint density at radius 3 is 2.82 bits per heavy atom. The van der Waals surface area contributed by atoms with Gasteiger partial charge in [-0.15, -0.1) is 0 Å². The minimum Gasteiger partial charge on any atom is -0.497 e. The van der Waals surface area contributed by atoms with Gasteiger partial charge in [0.25, 0.3) is 0 Å². The molecule has 1 aromatic carbocycles. The van der Waals surface area contributed by atoms with E-state index in [-0.39, 0.29) is 12.3 Å². The summed E-state index contributed by atoms with van der Waals surface area (Å²) < 4.78 is 30.6. The van der Waals surface area contributed by atoms with Crippen molar-refractivity contribution < 1.29 is 13.2 Å². The van der Waals surface area contributed by atoms with Crippen LogP contribution in [-0.4, -0.2) is 27.8 Å². The molecule has 0 saturated carbocycles. The van der Waals surface area contributed by atoms with Crippen molar-refractivity contribution in [1.82, 2.24) is 4.72 Å². The zero-order valence-corrected chi connectivity index (χ0v) is 10.7. The van der Waals surface area contributed by atoms with E-state index in [2.05, 4.69) is 4.72 Å². The zero-order chi connectivity index (χ0) is 12.7. The Balaban J connectivity index is 2.54. The summed E-state index contributed by atoms with van der Waals surface area (Å²) in [6.07, 6.45) is 0.466. The Morgan fingerprint density at radius 2 is 2.18 bits per heavy atom. The molecule has 0 aliphatic heterocycles. The van der Waals surface area contributed by atoms with Gasteiger partial charge in [0.15, 0.2) is 0 Å². The first kappa shape index (κ1) is 14.0. The van der Waals surface area contributed by atoms with Gasteiger partial charge in [-0.25, -0.2) is 13.1 Å². The quantitative estimate of drug-likeness (QED) is 0.744. The van der Waals surface area contributed by atoms with E-state index < -0.39 is 10.0 Å². The van der Waals surface area contributed by atoms with E-state index in [4.69, 9.17) is 10.5 Å². The van der Waals surface area contributed by atoms with E-state index in [1.54, 1.807) is 13.2 Å². The molecule has 6 heteroatoms. The van der Waals surface area contributed by atoms with Crippen molar-refractivity contribution >= 4 is 10.0 Å². The highest BCUT2D eigenvalue weighted by molar-refractivity contribution is 7.89. The van der Waals surface area contributed by atoms with Crippen LogP contribution in [0.15, 0.2) is 24.3 Å². The van der Waals surface area contributed by atoms with Crippen molar-refractivity contribution in [2.45, 2.75) is 13.0 Å². The molecule has 3 N–H and O–H groups in total. The first-order valence-corrected chi connectivity index (χ1v) is 7.03. The maximum absolute atomic E-state index is 11.5. The van der Waals surface area contributed by atoms with E-state index in [1.165, 1.54) is 0 Å². The Kier molecular flexibility index (Phi) is 5.40. The van der Waals surface area contributed by atoms with Gasteiger partial charge >= 0.3 is 0 Å². The predicted molar refractivity (Wildman–Crippen MR) is 67.3 cm³/mol. The Bertz CT molecular complexity index is 446. The first-order valence-electron chi connectivity index (χ1n) is 5.38. The number of ether oxygens (including phenoxy) is 1. The number of hydrogen-bond acceptors (Lipinski definition) is 4. The van der Waals surface area contributed by atoms with Gasteiger partial charge in [0.2, 0.25) is 10.0 Å². The second-order valence-electron chi connectivity index (χ2n) is 3.63. The van der Waals surface area contributed by atoms with Crippen LogP contribution < -0.4 is 15.2 Å². The average molecular weight is 258 g/mol. The normalized spacial score (nSPS) is 11.4. The minimum atomic E-state index is -3.23. The van der Waals surface area contributed by atoms with E-state index in [0.717, 1.165) is 5.56 Å². The lowest BCUT2D eigenvalue weighted by molar-refractivity contribution is 0.414. The number of nitrogens with two attached hydrogens (primary N) is 1. The summed E-state index contributed by atoms with van der Waals surface area (Å²) in [7, 11) is -1.66. The molecule has 17 heavy (non-hydrogen) atoms. The Morgan fingerprint density at radius 1 is 1.41 bits per heavy atom. The lowest BCUT2D eigenvalue weighted by Gasteiger charge is -2.07. The van der Waals surface area contributed by atoms with Crippen LogP contribution in [-0.2, 0) is 16.6 Å². The number of benzene rings is 1. The lowest BCUT2D eigenvalue weighted by atomic mass is 10.2. The molecule has 0 aliphatic carbocycles. The second-order valence-corrected chi connectivity index (χ2v) is 5.56. The highest BCUT2D eigenvalue weighted by Gasteiger charge is 2.08. The summed E-state index contributed by atoms with van der Waals surface area (Å²) in [6.45, 7) is 0.643. The topological polar surface area (TPSA) is 81.4 Å². The van der Waals surface area contributed by atoms with Crippen molar-refractivity contribution in [3.8, 4) is 5.75 Å². The van der Waals surface area contributed by atoms with Crippen LogP contribution >= 0.6 is 0 Å². The van der Waals surface area contributed by atoms with Crippen molar-refractivity contribution in [1.29, 1.82) is 0 Å². The van der Waals surface area contributed by atoms with Gasteiger partial charge in [0.1, 0.15) is 5.75 Å². The molecule has 5 nitrogen and oxygen atoms in total. The molecular weight excluding hydrogens is 240 g/mol.